The van der Waals surface area contributed by atoms with Crippen molar-refractivity contribution >= 4 is 11.9 Å². The van der Waals surface area contributed by atoms with Gasteiger partial charge in [-0.25, -0.2) is 4.79 Å². The number of carbonyl (C=O) groups excluding carboxylic acids is 1. The molecule has 6 nitrogen and oxygen atoms in total. The molecule has 1 aliphatic rings. The van der Waals surface area contributed by atoms with Gasteiger partial charge in [0.2, 0.25) is 0 Å². The molecule has 0 spiro atoms. The van der Waals surface area contributed by atoms with Crippen LogP contribution in [0.1, 0.15) is 45.4 Å². The predicted molar refractivity (Wildman–Crippen MR) is 92.8 cm³/mol. The summed E-state index contributed by atoms with van der Waals surface area (Å²) in [7, 11) is 1.57. The molecule has 3 rings (SSSR count). The minimum absolute atomic E-state index is 0.0783. The molecule has 0 radical (unpaired) electrons. The topological polar surface area (TPSA) is 80.6 Å². The third-order valence-electron chi connectivity index (χ3n) is 4.94. The van der Waals surface area contributed by atoms with E-state index in [0.29, 0.717) is 18.8 Å². The minimum Gasteiger partial charge on any atom is -0.477 e. The van der Waals surface area contributed by atoms with Gasteiger partial charge in [-0.2, -0.15) is 0 Å². The van der Waals surface area contributed by atoms with Gasteiger partial charge in [-0.1, -0.05) is 31.2 Å². The number of benzene rings is 1. The summed E-state index contributed by atoms with van der Waals surface area (Å²) in [5, 5.41) is 12.0. The van der Waals surface area contributed by atoms with Crippen molar-refractivity contribution in [2.75, 3.05) is 13.2 Å². The van der Waals surface area contributed by atoms with Crippen LogP contribution in [-0.2, 0) is 23.8 Å². The molecule has 1 atom stereocenters. The first-order valence-corrected chi connectivity index (χ1v) is 8.38. The summed E-state index contributed by atoms with van der Waals surface area (Å²) in [4.78, 5) is 23.7. The van der Waals surface area contributed by atoms with E-state index in [9.17, 15) is 9.59 Å². The number of amides is 1. The Morgan fingerprint density at radius 1 is 1.24 bits per heavy atom. The van der Waals surface area contributed by atoms with Crippen LogP contribution in [0.15, 0.2) is 36.4 Å². The monoisotopic (exact) mass is 342 g/mol. The number of hydrogen-bond acceptors (Lipinski definition) is 3. The van der Waals surface area contributed by atoms with E-state index in [0.717, 1.165) is 18.4 Å². The number of nitrogens with zero attached hydrogens (tertiary/aromatic N) is 1. The van der Waals surface area contributed by atoms with E-state index in [-0.39, 0.29) is 11.6 Å². The fourth-order valence-electron chi connectivity index (χ4n) is 3.45. The number of carboxylic acid groups (broad SMARTS) is 1. The number of carboxylic acids is 1. The molecule has 1 aromatic carbocycles. The molecule has 6 heteroatoms. The zero-order valence-corrected chi connectivity index (χ0v) is 14.4. The van der Waals surface area contributed by atoms with Crippen LogP contribution in [0.25, 0.3) is 0 Å². The van der Waals surface area contributed by atoms with Crippen molar-refractivity contribution in [1.82, 2.24) is 9.88 Å². The van der Waals surface area contributed by atoms with Gasteiger partial charge in [0.05, 0.1) is 13.2 Å². The van der Waals surface area contributed by atoms with E-state index in [1.54, 1.807) is 7.05 Å². The van der Waals surface area contributed by atoms with Crippen LogP contribution in [0.2, 0.25) is 0 Å². The molecule has 25 heavy (non-hydrogen) atoms. The Hall–Kier alpha value is -2.60. The maximum Gasteiger partial charge on any atom is 0.352 e. The van der Waals surface area contributed by atoms with Gasteiger partial charge in [0, 0.05) is 7.05 Å². The Balaban J connectivity index is 1.81. The molecule has 1 amide bonds. The number of rotatable bonds is 5. The van der Waals surface area contributed by atoms with E-state index in [4.69, 9.17) is 9.84 Å². The second kappa shape index (κ2) is 6.72. The Bertz CT molecular complexity index is 812. The maximum atomic E-state index is 12.5. The Labute approximate surface area is 146 Å². The van der Waals surface area contributed by atoms with Crippen molar-refractivity contribution in [3.8, 4) is 0 Å². The molecular formula is C19H22N2O4. The van der Waals surface area contributed by atoms with Crippen molar-refractivity contribution in [1.29, 1.82) is 0 Å². The van der Waals surface area contributed by atoms with Crippen LogP contribution >= 0.6 is 0 Å². The van der Waals surface area contributed by atoms with Gasteiger partial charge in [-0.15, -0.1) is 0 Å². The third kappa shape index (κ3) is 3.05. The lowest BCUT2D eigenvalue weighted by atomic mass is 9.84. The van der Waals surface area contributed by atoms with Gasteiger partial charge in [0.1, 0.15) is 17.0 Å². The van der Waals surface area contributed by atoms with E-state index in [1.165, 1.54) is 22.3 Å². The second-order valence-corrected chi connectivity index (χ2v) is 6.25. The van der Waals surface area contributed by atoms with E-state index >= 15 is 0 Å². The molecule has 0 saturated carbocycles. The maximum absolute atomic E-state index is 12.5. The molecule has 132 valence electrons. The van der Waals surface area contributed by atoms with Gasteiger partial charge >= 0.3 is 5.97 Å². The van der Waals surface area contributed by atoms with Crippen molar-refractivity contribution in [3.63, 3.8) is 0 Å². The first-order valence-electron chi connectivity index (χ1n) is 8.38. The zero-order chi connectivity index (χ0) is 18.0. The summed E-state index contributed by atoms with van der Waals surface area (Å²) in [5.74, 6) is -1.37. The Kier molecular flexibility index (Phi) is 4.63. The fourth-order valence-corrected chi connectivity index (χ4v) is 3.45. The number of nitrogens with one attached hydrogen (secondary N) is 1. The molecule has 0 fully saturated rings. The zero-order valence-electron chi connectivity index (χ0n) is 14.4. The summed E-state index contributed by atoms with van der Waals surface area (Å²) < 4.78 is 7.47. The third-order valence-corrected chi connectivity index (χ3v) is 4.94. The fraction of sp³-hybridized carbons (Fsp3) is 0.368. The number of hydrogen-bond donors (Lipinski definition) is 2. The molecule has 0 bridgehead atoms. The van der Waals surface area contributed by atoms with Gasteiger partial charge in [0.25, 0.3) is 5.91 Å². The van der Waals surface area contributed by atoms with Crippen LogP contribution < -0.4 is 5.32 Å². The smallest absolute Gasteiger partial charge is 0.352 e. The molecule has 0 aliphatic carbocycles. The average molecular weight is 342 g/mol. The van der Waals surface area contributed by atoms with E-state index < -0.39 is 11.6 Å². The molecule has 1 aromatic heterocycles. The largest absolute Gasteiger partial charge is 0.477 e. The summed E-state index contributed by atoms with van der Waals surface area (Å²) in [6, 6.07) is 11.1. The highest BCUT2D eigenvalue weighted by molar-refractivity contribution is 5.95. The molecule has 0 saturated heterocycles. The number of ether oxygens (including phenoxy) is 1. The lowest BCUT2D eigenvalue weighted by Crippen LogP contribution is -2.45. The van der Waals surface area contributed by atoms with Crippen molar-refractivity contribution in [2.45, 2.75) is 25.4 Å². The lowest BCUT2D eigenvalue weighted by molar-refractivity contribution is -0.0606. The van der Waals surface area contributed by atoms with E-state index in [2.05, 4.69) is 17.4 Å². The first-order chi connectivity index (χ1) is 12.0. The Morgan fingerprint density at radius 3 is 2.64 bits per heavy atom. The highest BCUT2D eigenvalue weighted by Crippen LogP contribution is 2.35. The molecule has 2 heterocycles. The molecule has 2 N–H and O–H groups in total. The normalized spacial score (nSPS) is 19.3. The number of aromatic carboxylic acids is 1. The van der Waals surface area contributed by atoms with Crippen LogP contribution in [0.3, 0.4) is 0 Å². The predicted octanol–water partition coefficient (Wildman–Crippen LogP) is 2.33. The van der Waals surface area contributed by atoms with E-state index in [1.807, 2.05) is 19.1 Å². The molecule has 1 unspecified atom stereocenters. The lowest BCUT2D eigenvalue weighted by Gasteiger charge is -2.38. The standard InChI is InChI=1S/C19H22N2O4/c1-3-19(14-7-5-4-6-13(14)10-11-25-19)12-20-17(22)15-8-9-16(18(23)24)21(15)2/h4-9H,3,10-12H2,1-2H3,(H,20,22)(H,23,24). The molecule has 1 aliphatic heterocycles. The van der Waals surface area contributed by atoms with Crippen molar-refractivity contribution in [2.24, 2.45) is 7.05 Å². The highest BCUT2D eigenvalue weighted by Gasteiger charge is 2.36. The summed E-state index contributed by atoms with van der Waals surface area (Å²) in [6.45, 7) is 3.00. The van der Waals surface area contributed by atoms with Gasteiger partial charge in [-0.3, -0.25) is 4.79 Å². The summed E-state index contributed by atoms with van der Waals surface area (Å²) in [5.41, 5.74) is 2.20. The van der Waals surface area contributed by atoms with Crippen molar-refractivity contribution in [3.05, 3.63) is 58.9 Å². The summed E-state index contributed by atoms with van der Waals surface area (Å²) in [6.07, 6.45) is 1.60. The van der Waals surface area contributed by atoms with Crippen LogP contribution in [0.4, 0.5) is 0 Å². The Morgan fingerprint density at radius 2 is 1.96 bits per heavy atom. The van der Waals surface area contributed by atoms with Gasteiger partial charge < -0.3 is 19.7 Å². The van der Waals surface area contributed by atoms with Crippen LogP contribution in [0, 0.1) is 0 Å². The summed E-state index contributed by atoms with van der Waals surface area (Å²) >= 11 is 0. The quantitative estimate of drug-likeness (QED) is 0.874. The van der Waals surface area contributed by atoms with Crippen LogP contribution in [-0.4, -0.2) is 34.7 Å². The SMILES string of the molecule is CCC1(CNC(=O)c2ccc(C(=O)O)n2C)OCCc2ccccc21. The second-order valence-electron chi connectivity index (χ2n) is 6.25. The number of carbonyl (C=O) groups is 2. The molecule has 2 aromatic rings. The first kappa shape index (κ1) is 17.2. The van der Waals surface area contributed by atoms with Gasteiger partial charge in [-0.05, 0) is 36.1 Å². The molecular weight excluding hydrogens is 320 g/mol. The number of fused-ring (bicyclic) bond motifs is 1. The minimum atomic E-state index is -1.06. The average Bonchev–Trinajstić information content (AvgIpc) is 3.01. The van der Waals surface area contributed by atoms with Crippen LogP contribution in [0.5, 0.6) is 0 Å². The van der Waals surface area contributed by atoms with Crippen molar-refractivity contribution < 1.29 is 19.4 Å². The highest BCUT2D eigenvalue weighted by atomic mass is 16.5. The van der Waals surface area contributed by atoms with Gasteiger partial charge in [0.15, 0.2) is 0 Å². The number of aromatic nitrogens is 1.